The molecule has 1 saturated heterocycles. The van der Waals surface area contributed by atoms with Crippen molar-refractivity contribution in [1.29, 1.82) is 0 Å². The van der Waals surface area contributed by atoms with Gasteiger partial charge in [0.05, 0.1) is 15.9 Å². The Morgan fingerprint density at radius 1 is 1.08 bits per heavy atom. The monoisotopic (exact) mass is 655 g/mol. The molecule has 9 nitrogen and oxygen atoms in total. The third-order valence-electron chi connectivity index (χ3n) is 6.25. The number of anilines is 4. The van der Waals surface area contributed by atoms with Crippen molar-refractivity contribution in [2.45, 2.75) is 22.4 Å². The van der Waals surface area contributed by atoms with E-state index in [0.29, 0.717) is 17.5 Å². The van der Waals surface area contributed by atoms with Crippen LogP contribution in [0, 0.1) is 0 Å². The summed E-state index contributed by atoms with van der Waals surface area (Å²) in [7, 11) is -0.0117. The normalized spacial score (nSPS) is 16.1. The molecule has 1 aliphatic rings. The average Bonchev–Trinajstić information content (AvgIpc) is 2.88. The lowest BCUT2D eigenvalue weighted by atomic mass is 10.2. The molecule has 2 N–H and O–H groups in total. The first-order valence-electron chi connectivity index (χ1n) is 11.9. The standard InChI is InChI=1S/C25H31ClIN7O2S/c1-18(27)33(3)37(35,36)23-7-5-4-6-22(23)30-24-21(26)16-28-25(31-24)29-20-10-8-19(9-11-20)17-34-14-12-32(2)13-15-34/h4-11,16,18H,12-15,17H2,1-3H3,(H2,28,29,30,31). The van der Waals surface area contributed by atoms with Gasteiger partial charge < -0.3 is 15.5 Å². The van der Waals surface area contributed by atoms with Gasteiger partial charge in [-0.3, -0.25) is 4.90 Å². The molecule has 0 aliphatic carbocycles. The Labute approximate surface area is 237 Å². The number of piperazine rings is 1. The second kappa shape index (κ2) is 12.2. The smallest absolute Gasteiger partial charge is 0.245 e. The molecule has 1 aliphatic heterocycles. The summed E-state index contributed by atoms with van der Waals surface area (Å²) in [6, 6.07) is 14.9. The quantitative estimate of drug-likeness (QED) is 0.194. The molecule has 0 saturated carbocycles. The van der Waals surface area contributed by atoms with Crippen molar-refractivity contribution in [2.24, 2.45) is 0 Å². The van der Waals surface area contributed by atoms with Gasteiger partial charge in [0.15, 0.2) is 5.82 Å². The maximum absolute atomic E-state index is 13.1. The van der Waals surface area contributed by atoms with E-state index in [2.05, 4.69) is 72.2 Å². The van der Waals surface area contributed by atoms with Gasteiger partial charge in [-0.15, -0.1) is 0 Å². The van der Waals surface area contributed by atoms with Gasteiger partial charge in [-0.2, -0.15) is 9.29 Å². The zero-order valence-corrected chi connectivity index (χ0v) is 24.8. The lowest BCUT2D eigenvalue weighted by molar-refractivity contribution is 0.148. The number of sulfonamides is 1. The Hall–Kier alpha value is -2.03. The first-order chi connectivity index (χ1) is 17.6. The van der Waals surface area contributed by atoms with Gasteiger partial charge in [-0.05, 0) is 43.8 Å². The van der Waals surface area contributed by atoms with E-state index in [0.717, 1.165) is 38.4 Å². The van der Waals surface area contributed by atoms with Gasteiger partial charge >= 0.3 is 0 Å². The molecule has 1 fully saturated rings. The van der Waals surface area contributed by atoms with E-state index >= 15 is 0 Å². The Morgan fingerprint density at radius 2 is 1.76 bits per heavy atom. The number of nitrogens with zero attached hydrogens (tertiary/aromatic N) is 5. The molecule has 3 aromatic rings. The van der Waals surface area contributed by atoms with Gasteiger partial charge in [0.2, 0.25) is 16.0 Å². The third-order valence-corrected chi connectivity index (χ3v) is 9.73. The Balaban J connectivity index is 1.48. The number of halogens is 2. The van der Waals surface area contributed by atoms with Crippen molar-refractivity contribution in [1.82, 2.24) is 24.1 Å². The summed E-state index contributed by atoms with van der Waals surface area (Å²) in [6.07, 6.45) is 1.48. The molecule has 2 heterocycles. The molecular weight excluding hydrogens is 625 g/mol. The van der Waals surface area contributed by atoms with Crippen LogP contribution in [0.25, 0.3) is 0 Å². The maximum Gasteiger partial charge on any atom is 0.245 e. The van der Waals surface area contributed by atoms with E-state index in [1.165, 1.54) is 16.1 Å². The summed E-state index contributed by atoms with van der Waals surface area (Å²) < 4.78 is 27.4. The van der Waals surface area contributed by atoms with Gasteiger partial charge in [-0.1, -0.05) is 58.5 Å². The fourth-order valence-electron chi connectivity index (χ4n) is 3.87. The Kier molecular flexibility index (Phi) is 9.24. The number of hydrogen-bond acceptors (Lipinski definition) is 8. The Bertz CT molecular complexity index is 1320. The van der Waals surface area contributed by atoms with Crippen LogP contribution in [0.3, 0.4) is 0 Å². The van der Waals surface area contributed by atoms with Crippen molar-refractivity contribution >= 4 is 67.4 Å². The van der Waals surface area contributed by atoms with E-state index in [9.17, 15) is 8.42 Å². The first-order valence-corrected chi connectivity index (χ1v) is 15.0. The molecule has 1 atom stereocenters. The summed E-state index contributed by atoms with van der Waals surface area (Å²) in [5.74, 6) is 0.649. The zero-order valence-electron chi connectivity index (χ0n) is 21.0. The number of aromatic nitrogens is 2. The predicted octanol–water partition coefficient (Wildman–Crippen LogP) is 4.77. The van der Waals surface area contributed by atoms with E-state index in [-0.39, 0.29) is 14.0 Å². The number of benzene rings is 2. The largest absolute Gasteiger partial charge is 0.338 e. The maximum atomic E-state index is 13.1. The fourth-order valence-corrected chi connectivity index (χ4v) is 6.25. The van der Waals surface area contributed by atoms with Crippen molar-refractivity contribution in [3.05, 3.63) is 65.3 Å². The van der Waals surface area contributed by atoms with Crippen LogP contribution in [0.15, 0.2) is 59.6 Å². The molecule has 0 bridgehead atoms. The molecule has 2 aromatic carbocycles. The molecule has 1 aromatic heterocycles. The van der Waals surface area contributed by atoms with Crippen LogP contribution >= 0.6 is 34.2 Å². The van der Waals surface area contributed by atoms with Crippen molar-refractivity contribution < 1.29 is 8.42 Å². The lowest BCUT2D eigenvalue weighted by Crippen LogP contribution is -2.43. The Morgan fingerprint density at radius 3 is 2.43 bits per heavy atom. The predicted molar refractivity (Wildman–Crippen MR) is 158 cm³/mol. The van der Waals surface area contributed by atoms with Crippen LogP contribution in [0.5, 0.6) is 0 Å². The summed E-state index contributed by atoms with van der Waals surface area (Å²) in [4.78, 5) is 13.7. The van der Waals surface area contributed by atoms with Gasteiger partial charge in [0, 0.05) is 45.5 Å². The highest BCUT2D eigenvalue weighted by atomic mass is 127. The summed E-state index contributed by atoms with van der Waals surface area (Å²) >= 11 is 8.43. The molecule has 198 valence electrons. The van der Waals surface area contributed by atoms with Crippen LogP contribution in [0.4, 0.5) is 23.1 Å². The number of rotatable bonds is 9. The molecule has 1 unspecified atom stereocenters. The summed E-state index contributed by atoms with van der Waals surface area (Å²) in [5, 5.41) is 6.56. The number of likely N-dealkylation sites (N-methyl/N-ethyl adjacent to an activating group) is 1. The topological polar surface area (TPSA) is 93.7 Å². The van der Waals surface area contributed by atoms with Crippen LogP contribution in [0.1, 0.15) is 12.5 Å². The number of alkyl halides is 1. The minimum absolute atomic E-state index is 0.140. The van der Waals surface area contributed by atoms with Crippen LogP contribution in [0.2, 0.25) is 5.02 Å². The van der Waals surface area contributed by atoms with Crippen LogP contribution in [-0.4, -0.2) is 76.8 Å². The molecule has 0 radical (unpaired) electrons. The third kappa shape index (κ3) is 7.09. The van der Waals surface area contributed by atoms with Crippen LogP contribution < -0.4 is 10.6 Å². The van der Waals surface area contributed by atoms with Crippen molar-refractivity contribution in [3.8, 4) is 0 Å². The van der Waals surface area contributed by atoms with E-state index in [1.54, 1.807) is 31.3 Å². The summed E-state index contributed by atoms with van der Waals surface area (Å²) in [6.45, 7) is 7.06. The molecule has 12 heteroatoms. The van der Waals surface area contributed by atoms with E-state index in [4.69, 9.17) is 11.6 Å². The summed E-state index contributed by atoms with van der Waals surface area (Å²) in [5.41, 5.74) is 2.47. The van der Waals surface area contributed by atoms with Crippen molar-refractivity contribution in [2.75, 3.05) is 50.9 Å². The highest BCUT2D eigenvalue weighted by Crippen LogP contribution is 2.31. The SMILES string of the molecule is CC(I)N(C)S(=O)(=O)c1ccccc1Nc1nc(Nc2ccc(CN3CCN(C)CC3)cc2)ncc1Cl. The number of nitrogens with one attached hydrogen (secondary N) is 2. The van der Waals surface area contributed by atoms with Gasteiger partial charge in [-0.25, -0.2) is 13.4 Å². The van der Waals surface area contributed by atoms with Gasteiger partial charge in [0.25, 0.3) is 0 Å². The molecular formula is C25H31ClIN7O2S. The molecule has 37 heavy (non-hydrogen) atoms. The molecule has 0 amide bonds. The lowest BCUT2D eigenvalue weighted by Gasteiger charge is -2.32. The van der Waals surface area contributed by atoms with E-state index in [1.807, 2.05) is 19.1 Å². The van der Waals surface area contributed by atoms with E-state index < -0.39 is 10.0 Å². The second-order valence-corrected chi connectivity index (χ2v) is 13.2. The molecule has 4 rings (SSSR count). The van der Waals surface area contributed by atoms with Gasteiger partial charge in [0.1, 0.15) is 9.92 Å². The molecule has 0 spiro atoms. The number of para-hydroxylation sites is 1. The fraction of sp³-hybridized carbons (Fsp3) is 0.360. The highest BCUT2D eigenvalue weighted by Gasteiger charge is 2.27. The van der Waals surface area contributed by atoms with Crippen LogP contribution in [-0.2, 0) is 16.6 Å². The van der Waals surface area contributed by atoms with Crippen molar-refractivity contribution in [3.63, 3.8) is 0 Å². The zero-order chi connectivity index (χ0) is 26.6. The number of hydrogen-bond donors (Lipinski definition) is 2. The minimum Gasteiger partial charge on any atom is -0.338 e. The second-order valence-electron chi connectivity index (χ2n) is 9.01. The minimum atomic E-state index is -3.72. The highest BCUT2D eigenvalue weighted by molar-refractivity contribution is 14.1. The average molecular weight is 656 g/mol. The first kappa shape index (κ1) is 28.0.